The summed E-state index contributed by atoms with van der Waals surface area (Å²) >= 11 is 3.41. The summed E-state index contributed by atoms with van der Waals surface area (Å²) in [7, 11) is 0. The third kappa shape index (κ3) is 2.13. The first kappa shape index (κ1) is 11.7. The Kier molecular flexibility index (Phi) is 3.06. The molecule has 0 radical (unpaired) electrons. The summed E-state index contributed by atoms with van der Waals surface area (Å²) in [4.78, 5) is 4.09. The van der Waals surface area contributed by atoms with Crippen LogP contribution in [-0.2, 0) is 0 Å². The van der Waals surface area contributed by atoms with Gasteiger partial charge >= 0.3 is 0 Å². The standard InChI is InChI=1S/C14H12BrNO2/c15-10-3-4-11-12(17)7-13(18-14(11)6-10)9-2-1-5-16-8-9/h1-6,8,12-13,17H,7H2/t12-,13?/m1/s1. The van der Waals surface area contributed by atoms with Gasteiger partial charge in [0.1, 0.15) is 11.9 Å². The molecule has 1 aliphatic rings. The summed E-state index contributed by atoms with van der Waals surface area (Å²) < 4.78 is 6.88. The van der Waals surface area contributed by atoms with Gasteiger partial charge in [-0.2, -0.15) is 0 Å². The predicted molar refractivity (Wildman–Crippen MR) is 71.3 cm³/mol. The molecule has 0 saturated carbocycles. The molecule has 0 amide bonds. The molecule has 0 spiro atoms. The lowest BCUT2D eigenvalue weighted by molar-refractivity contribution is 0.0655. The Morgan fingerprint density at radius 1 is 1.33 bits per heavy atom. The van der Waals surface area contributed by atoms with Gasteiger partial charge < -0.3 is 9.84 Å². The molecule has 3 nitrogen and oxygen atoms in total. The van der Waals surface area contributed by atoms with Gasteiger partial charge in [0.25, 0.3) is 0 Å². The maximum Gasteiger partial charge on any atom is 0.128 e. The fourth-order valence-electron chi connectivity index (χ4n) is 2.19. The third-order valence-electron chi connectivity index (χ3n) is 3.10. The highest BCUT2D eigenvalue weighted by Crippen LogP contribution is 2.41. The van der Waals surface area contributed by atoms with Gasteiger partial charge in [-0.1, -0.05) is 28.1 Å². The van der Waals surface area contributed by atoms with Crippen LogP contribution in [0.3, 0.4) is 0 Å². The molecule has 2 atom stereocenters. The van der Waals surface area contributed by atoms with Crippen molar-refractivity contribution >= 4 is 15.9 Å². The summed E-state index contributed by atoms with van der Waals surface area (Å²) in [6.45, 7) is 0. The zero-order valence-electron chi connectivity index (χ0n) is 9.58. The number of hydrogen-bond acceptors (Lipinski definition) is 3. The minimum absolute atomic E-state index is 0.143. The Hall–Kier alpha value is -1.39. The van der Waals surface area contributed by atoms with Crippen molar-refractivity contribution in [3.8, 4) is 5.75 Å². The van der Waals surface area contributed by atoms with Crippen molar-refractivity contribution in [2.24, 2.45) is 0 Å². The van der Waals surface area contributed by atoms with Crippen molar-refractivity contribution in [2.75, 3.05) is 0 Å². The Balaban J connectivity index is 1.96. The van der Waals surface area contributed by atoms with Crippen LogP contribution in [0.5, 0.6) is 5.75 Å². The molecule has 1 unspecified atom stereocenters. The van der Waals surface area contributed by atoms with E-state index in [-0.39, 0.29) is 6.10 Å². The number of fused-ring (bicyclic) bond motifs is 1. The van der Waals surface area contributed by atoms with Gasteiger partial charge in [-0.15, -0.1) is 0 Å². The fraction of sp³-hybridized carbons (Fsp3) is 0.214. The van der Waals surface area contributed by atoms with Crippen molar-refractivity contribution < 1.29 is 9.84 Å². The number of halogens is 1. The predicted octanol–water partition coefficient (Wildman–Crippen LogP) is 3.40. The lowest BCUT2D eigenvalue weighted by Gasteiger charge is -2.29. The first-order valence-corrected chi connectivity index (χ1v) is 6.57. The lowest BCUT2D eigenvalue weighted by atomic mass is 9.96. The number of rotatable bonds is 1. The number of benzene rings is 1. The van der Waals surface area contributed by atoms with Crippen molar-refractivity contribution in [3.63, 3.8) is 0 Å². The van der Waals surface area contributed by atoms with Crippen LogP contribution < -0.4 is 4.74 Å². The molecule has 0 fully saturated rings. The van der Waals surface area contributed by atoms with E-state index in [1.165, 1.54) is 0 Å². The average Bonchev–Trinajstić information content (AvgIpc) is 2.39. The summed E-state index contributed by atoms with van der Waals surface area (Å²) in [5.41, 5.74) is 1.83. The molecule has 0 saturated heterocycles. The molecule has 1 N–H and O–H groups in total. The molecule has 3 rings (SSSR count). The Morgan fingerprint density at radius 3 is 3.00 bits per heavy atom. The quantitative estimate of drug-likeness (QED) is 0.878. The van der Waals surface area contributed by atoms with Crippen LogP contribution in [0.1, 0.15) is 29.8 Å². The SMILES string of the molecule is O[C@@H]1CC(c2cccnc2)Oc2cc(Br)ccc21. The molecule has 1 aliphatic heterocycles. The molecule has 2 aromatic rings. The smallest absolute Gasteiger partial charge is 0.128 e. The second-order valence-corrected chi connectivity index (χ2v) is 5.24. The molecular weight excluding hydrogens is 294 g/mol. The zero-order chi connectivity index (χ0) is 12.5. The van der Waals surface area contributed by atoms with Gasteiger partial charge in [0.2, 0.25) is 0 Å². The lowest BCUT2D eigenvalue weighted by Crippen LogP contribution is -2.19. The molecule has 1 aromatic heterocycles. The maximum absolute atomic E-state index is 10.2. The Bertz CT molecular complexity index is 559. The number of nitrogens with zero attached hydrogens (tertiary/aromatic N) is 1. The van der Waals surface area contributed by atoms with Crippen LogP contribution in [0.2, 0.25) is 0 Å². The number of aliphatic hydroxyl groups is 1. The van der Waals surface area contributed by atoms with E-state index in [4.69, 9.17) is 4.74 Å². The van der Waals surface area contributed by atoms with Crippen molar-refractivity contribution in [1.82, 2.24) is 4.98 Å². The second kappa shape index (κ2) is 4.71. The highest BCUT2D eigenvalue weighted by molar-refractivity contribution is 9.10. The normalized spacial score (nSPS) is 22.1. The van der Waals surface area contributed by atoms with E-state index < -0.39 is 6.10 Å². The van der Waals surface area contributed by atoms with E-state index in [1.54, 1.807) is 12.4 Å². The highest BCUT2D eigenvalue weighted by atomic mass is 79.9. The largest absolute Gasteiger partial charge is 0.485 e. The van der Waals surface area contributed by atoms with Gasteiger partial charge in [0.05, 0.1) is 6.10 Å². The summed E-state index contributed by atoms with van der Waals surface area (Å²) in [6, 6.07) is 9.54. The molecule has 1 aromatic carbocycles. The highest BCUT2D eigenvalue weighted by Gasteiger charge is 2.28. The van der Waals surface area contributed by atoms with Crippen LogP contribution in [0.25, 0.3) is 0 Å². The Morgan fingerprint density at radius 2 is 2.22 bits per heavy atom. The van der Waals surface area contributed by atoms with Crippen LogP contribution in [0.15, 0.2) is 47.2 Å². The topological polar surface area (TPSA) is 42.4 Å². The minimum Gasteiger partial charge on any atom is -0.485 e. The molecule has 92 valence electrons. The minimum atomic E-state index is -0.493. The summed E-state index contributed by atoms with van der Waals surface area (Å²) in [6.07, 6.45) is 3.43. The average molecular weight is 306 g/mol. The third-order valence-corrected chi connectivity index (χ3v) is 3.59. The first-order valence-electron chi connectivity index (χ1n) is 5.78. The molecule has 18 heavy (non-hydrogen) atoms. The van der Waals surface area contributed by atoms with Gasteiger partial charge in [-0.05, 0) is 18.2 Å². The van der Waals surface area contributed by atoms with Crippen molar-refractivity contribution in [2.45, 2.75) is 18.6 Å². The van der Waals surface area contributed by atoms with Crippen molar-refractivity contribution in [3.05, 3.63) is 58.3 Å². The van der Waals surface area contributed by atoms with Gasteiger partial charge in [-0.25, -0.2) is 0 Å². The molecule has 0 aliphatic carbocycles. The van der Waals surface area contributed by atoms with E-state index in [0.29, 0.717) is 6.42 Å². The van der Waals surface area contributed by atoms with Gasteiger partial charge in [0.15, 0.2) is 0 Å². The van der Waals surface area contributed by atoms with Crippen LogP contribution in [-0.4, -0.2) is 10.1 Å². The molecule has 4 heteroatoms. The molecule has 2 heterocycles. The number of hydrogen-bond donors (Lipinski definition) is 1. The second-order valence-electron chi connectivity index (χ2n) is 4.33. The molecule has 0 bridgehead atoms. The number of pyridine rings is 1. The zero-order valence-corrected chi connectivity index (χ0v) is 11.2. The molecular formula is C14H12BrNO2. The van der Waals surface area contributed by atoms with Crippen LogP contribution >= 0.6 is 15.9 Å². The van der Waals surface area contributed by atoms with Gasteiger partial charge in [0, 0.05) is 34.4 Å². The van der Waals surface area contributed by atoms with E-state index in [2.05, 4.69) is 20.9 Å². The Labute approximate surface area is 114 Å². The van der Waals surface area contributed by atoms with Crippen molar-refractivity contribution in [1.29, 1.82) is 0 Å². The van der Waals surface area contributed by atoms with E-state index in [9.17, 15) is 5.11 Å². The van der Waals surface area contributed by atoms with Crippen LogP contribution in [0, 0.1) is 0 Å². The maximum atomic E-state index is 10.2. The van der Waals surface area contributed by atoms with E-state index >= 15 is 0 Å². The van der Waals surface area contributed by atoms with Crippen LogP contribution in [0.4, 0.5) is 0 Å². The fourth-order valence-corrected chi connectivity index (χ4v) is 2.53. The summed E-state index contributed by atoms with van der Waals surface area (Å²) in [5, 5.41) is 10.2. The first-order chi connectivity index (χ1) is 8.74. The van der Waals surface area contributed by atoms with E-state index in [1.807, 2.05) is 30.3 Å². The number of aromatic nitrogens is 1. The number of aliphatic hydroxyl groups excluding tert-OH is 1. The summed E-state index contributed by atoms with van der Waals surface area (Å²) in [5.74, 6) is 0.733. The van der Waals surface area contributed by atoms with E-state index in [0.717, 1.165) is 21.3 Å². The number of ether oxygens (including phenoxy) is 1. The van der Waals surface area contributed by atoms with Gasteiger partial charge in [-0.3, -0.25) is 4.98 Å². The monoisotopic (exact) mass is 305 g/mol.